The molecule has 0 unspecified atom stereocenters. The maximum absolute atomic E-state index is 12.2. The van der Waals surface area contributed by atoms with Gasteiger partial charge in [-0.05, 0) is 24.1 Å². The van der Waals surface area contributed by atoms with E-state index in [0.29, 0.717) is 11.1 Å². The lowest BCUT2D eigenvalue weighted by atomic mass is 10.1. The van der Waals surface area contributed by atoms with Gasteiger partial charge in [-0.3, -0.25) is 9.69 Å². The van der Waals surface area contributed by atoms with E-state index in [1.165, 1.54) is 0 Å². The zero-order valence-corrected chi connectivity index (χ0v) is 12.8. The van der Waals surface area contributed by atoms with Crippen LogP contribution in [0.15, 0.2) is 24.3 Å². The van der Waals surface area contributed by atoms with Gasteiger partial charge in [-0.25, -0.2) is 13.2 Å². The van der Waals surface area contributed by atoms with Crippen molar-refractivity contribution in [1.29, 1.82) is 5.26 Å². The molecule has 22 heavy (non-hydrogen) atoms. The summed E-state index contributed by atoms with van der Waals surface area (Å²) in [6.07, 6.45) is 1.15. The molecule has 0 aliphatic carbocycles. The lowest BCUT2D eigenvalue weighted by Gasteiger charge is -2.13. The molecule has 3 amide bonds. The number of amides is 3. The highest BCUT2D eigenvalue weighted by atomic mass is 32.2. The highest BCUT2D eigenvalue weighted by molar-refractivity contribution is 7.90. The Labute approximate surface area is 128 Å². The number of nitriles is 1. The Morgan fingerprint density at radius 3 is 2.45 bits per heavy atom. The number of hydrogen-bond donors (Lipinski definition) is 1. The molecule has 116 valence electrons. The first-order valence-corrected chi connectivity index (χ1v) is 8.65. The molecule has 0 aromatic heterocycles. The second-order valence-electron chi connectivity index (χ2n) is 5.15. The fourth-order valence-electron chi connectivity index (χ4n) is 2.12. The van der Waals surface area contributed by atoms with Crippen LogP contribution in [0.2, 0.25) is 0 Å². The molecule has 0 bridgehead atoms. The minimum atomic E-state index is -3.19. The number of nitrogens with zero attached hydrogens (tertiary/aromatic N) is 2. The largest absolute Gasteiger partial charge is 0.326 e. The van der Waals surface area contributed by atoms with Crippen molar-refractivity contribution in [2.45, 2.75) is 19.0 Å². The Bertz CT molecular complexity index is 734. The van der Waals surface area contributed by atoms with Crippen molar-refractivity contribution in [2.24, 2.45) is 0 Å². The summed E-state index contributed by atoms with van der Waals surface area (Å²) in [5.41, 5.74) is 1.21. The highest BCUT2D eigenvalue weighted by Gasteiger charge is 2.37. The van der Waals surface area contributed by atoms with Crippen molar-refractivity contribution in [3.05, 3.63) is 35.4 Å². The van der Waals surface area contributed by atoms with E-state index in [-0.39, 0.29) is 18.7 Å². The molecule has 0 radical (unpaired) electrons. The van der Waals surface area contributed by atoms with Crippen LogP contribution in [0.4, 0.5) is 4.79 Å². The maximum Gasteiger partial charge on any atom is 0.325 e. The first kappa shape index (κ1) is 16.0. The number of carbonyl (C=O) groups is 2. The number of rotatable bonds is 5. The summed E-state index contributed by atoms with van der Waals surface area (Å²) >= 11 is 0. The molecule has 1 aliphatic rings. The molecule has 1 atom stereocenters. The molecule has 1 heterocycles. The number of imide groups is 1. The van der Waals surface area contributed by atoms with Gasteiger partial charge in [0.25, 0.3) is 5.91 Å². The van der Waals surface area contributed by atoms with E-state index >= 15 is 0 Å². The highest BCUT2D eigenvalue weighted by Crippen LogP contribution is 2.15. The van der Waals surface area contributed by atoms with Crippen LogP contribution in [0.3, 0.4) is 0 Å². The van der Waals surface area contributed by atoms with Gasteiger partial charge >= 0.3 is 6.03 Å². The van der Waals surface area contributed by atoms with Crippen LogP contribution in [0.1, 0.15) is 17.5 Å². The van der Waals surface area contributed by atoms with Crippen LogP contribution < -0.4 is 5.32 Å². The van der Waals surface area contributed by atoms with Gasteiger partial charge in [0.05, 0.1) is 23.9 Å². The number of nitrogens with one attached hydrogen (secondary N) is 1. The maximum atomic E-state index is 12.2. The predicted molar refractivity (Wildman–Crippen MR) is 78.4 cm³/mol. The van der Waals surface area contributed by atoms with E-state index in [0.717, 1.165) is 11.2 Å². The molecular formula is C14H15N3O4S. The fourth-order valence-corrected chi connectivity index (χ4v) is 2.79. The van der Waals surface area contributed by atoms with Crippen LogP contribution in [-0.4, -0.2) is 43.3 Å². The zero-order valence-electron chi connectivity index (χ0n) is 11.9. The molecule has 0 saturated carbocycles. The summed E-state index contributed by atoms with van der Waals surface area (Å²) in [6.45, 7) is 0.0890. The monoisotopic (exact) mass is 321 g/mol. The molecule has 1 aromatic rings. The van der Waals surface area contributed by atoms with E-state index in [1.807, 2.05) is 6.07 Å². The number of carbonyl (C=O) groups excluding carboxylic acids is 2. The molecule has 7 nitrogen and oxygen atoms in total. The fraction of sp³-hybridized carbons (Fsp3) is 0.357. The third kappa shape index (κ3) is 3.83. The Kier molecular flexibility index (Phi) is 4.47. The summed E-state index contributed by atoms with van der Waals surface area (Å²) in [7, 11) is -3.19. The minimum absolute atomic E-state index is 0.0628. The summed E-state index contributed by atoms with van der Waals surface area (Å²) in [4.78, 5) is 25.0. The van der Waals surface area contributed by atoms with E-state index in [1.54, 1.807) is 24.3 Å². The average molecular weight is 321 g/mol. The summed E-state index contributed by atoms with van der Waals surface area (Å²) in [6, 6.07) is 7.20. The van der Waals surface area contributed by atoms with E-state index < -0.39 is 27.8 Å². The van der Waals surface area contributed by atoms with Crippen LogP contribution in [0.25, 0.3) is 0 Å². The first-order chi connectivity index (χ1) is 10.3. The quantitative estimate of drug-likeness (QED) is 0.791. The smallest absolute Gasteiger partial charge is 0.325 e. The van der Waals surface area contributed by atoms with Gasteiger partial charge in [-0.15, -0.1) is 0 Å². The van der Waals surface area contributed by atoms with Crippen LogP contribution in [-0.2, 0) is 21.2 Å². The standard InChI is InChI=1S/C14H15N3O4S/c1-22(20,21)7-6-12-13(18)17(14(19)16-12)9-11-4-2-10(8-15)3-5-11/h2-5,12H,6-7,9H2,1H3,(H,16,19)/t12-/m1/s1. The molecular weight excluding hydrogens is 306 g/mol. The van der Waals surface area contributed by atoms with Crippen molar-refractivity contribution >= 4 is 21.8 Å². The normalized spacial score (nSPS) is 18.2. The van der Waals surface area contributed by atoms with Crippen LogP contribution in [0.5, 0.6) is 0 Å². The predicted octanol–water partition coefficient (Wildman–Crippen LogP) is 0.413. The third-order valence-electron chi connectivity index (χ3n) is 3.31. The van der Waals surface area contributed by atoms with Gasteiger partial charge in [0, 0.05) is 6.26 Å². The van der Waals surface area contributed by atoms with Crippen molar-refractivity contribution in [1.82, 2.24) is 10.2 Å². The van der Waals surface area contributed by atoms with Crippen LogP contribution >= 0.6 is 0 Å². The van der Waals surface area contributed by atoms with E-state index in [9.17, 15) is 18.0 Å². The van der Waals surface area contributed by atoms with Gasteiger partial charge in [0.15, 0.2) is 0 Å². The Morgan fingerprint density at radius 2 is 1.91 bits per heavy atom. The van der Waals surface area contributed by atoms with Crippen molar-refractivity contribution in [3.8, 4) is 6.07 Å². The Morgan fingerprint density at radius 1 is 1.27 bits per heavy atom. The average Bonchev–Trinajstić information content (AvgIpc) is 2.73. The number of hydrogen-bond acceptors (Lipinski definition) is 5. The van der Waals surface area contributed by atoms with Crippen molar-refractivity contribution in [3.63, 3.8) is 0 Å². The molecule has 0 spiro atoms. The van der Waals surface area contributed by atoms with E-state index in [2.05, 4.69) is 5.32 Å². The number of benzene rings is 1. The zero-order chi connectivity index (χ0) is 16.3. The van der Waals surface area contributed by atoms with Gasteiger partial charge in [-0.2, -0.15) is 5.26 Å². The molecule has 1 aromatic carbocycles. The molecule has 2 rings (SSSR count). The van der Waals surface area contributed by atoms with Crippen molar-refractivity contribution in [2.75, 3.05) is 12.0 Å². The topological polar surface area (TPSA) is 107 Å². The molecule has 1 fully saturated rings. The summed E-state index contributed by atoms with van der Waals surface area (Å²) in [5.74, 6) is -0.591. The second kappa shape index (κ2) is 6.15. The second-order valence-corrected chi connectivity index (χ2v) is 7.41. The first-order valence-electron chi connectivity index (χ1n) is 6.59. The van der Waals surface area contributed by atoms with Crippen molar-refractivity contribution < 1.29 is 18.0 Å². The third-order valence-corrected chi connectivity index (χ3v) is 4.29. The molecule has 1 saturated heterocycles. The molecule has 1 aliphatic heterocycles. The van der Waals surface area contributed by atoms with Gasteiger partial charge in [-0.1, -0.05) is 12.1 Å². The number of urea groups is 1. The summed E-state index contributed by atoms with van der Waals surface area (Å²) in [5, 5.41) is 11.2. The summed E-state index contributed by atoms with van der Waals surface area (Å²) < 4.78 is 22.3. The van der Waals surface area contributed by atoms with E-state index in [4.69, 9.17) is 5.26 Å². The SMILES string of the molecule is CS(=O)(=O)CC[C@H]1NC(=O)N(Cc2ccc(C#N)cc2)C1=O. The van der Waals surface area contributed by atoms with Gasteiger partial charge in [0.2, 0.25) is 0 Å². The van der Waals surface area contributed by atoms with Gasteiger partial charge in [0.1, 0.15) is 15.9 Å². The lowest BCUT2D eigenvalue weighted by Crippen LogP contribution is -2.32. The Hall–Kier alpha value is -2.40. The number of sulfone groups is 1. The lowest BCUT2D eigenvalue weighted by molar-refractivity contribution is -0.127. The minimum Gasteiger partial charge on any atom is -0.326 e. The molecule has 8 heteroatoms. The molecule has 1 N–H and O–H groups in total. The Balaban J connectivity index is 2.04. The van der Waals surface area contributed by atoms with Gasteiger partial charge < -0.3 is 5.32 Å². The van der Waals surface area contributed by atoms with Crippen LogP contribution in [0, 0.1) is 11.3 Å².